The van der Waals surface area contributed by atoms with Crippen LogP contribution >= 0.6 is 50.3 Å². The molecule has 2 N–H and O–H groups in total. The van der Waals surface area contributed by atoms with Gasteiger partial charge in [-0.3, -0.25) is 4.79 Å². The number of carbonyl (C=O) groups is 1. The number of nitrogens with one attached hydrogen (secondary N) is 1. The summed E-state index contributed by atoms with van der Waals surface area (Å²) in [5, 5.41) is 12.1. The van der Waals surface area contributed by atoms with Gasteiger partial charge in [0.25, 0.3) is 5.91 Å². The van der Waals surface area contributed by atoms with E-state index in [1.807, 2.05) is 31.4 Å². The zero-order valence-electron chi connectivity index (χ0n) is 10.1. The third kappa shape index (κ3) is 4.40. The molecular weight excluding hydrogens is 429 g/mol. The van der Waals surface area contributed by atoms with Gasteiger partial charge in [-0.25, -0.2) is 0 Å². The molecule has 2 atom stereocenters. The lowest BCUT2D eigenvalue weighted by Crippen LogP contribution is -2.41. The van der Waals surface area contributed by atoms with Crippen molar-refractivity contribution in [3.63, 3.8) is 0 Å². The lowest BCUT2D eigenvalue weighted by molar-refractivity contribution is 0.0935. The van der Waals surface area contributed by atoms with Gasteiger partial charge in [-0.05, 0) is 69.9 Å². The molecule has 3 nitrogen and oxygen atoms in total. The standard InChI is InChI=1S/C12H15BrINO2S/c1-7(11(6-16)18-2)15-12(17)9-5-8(14)3-4-10(9)13/h3-5,7,11,16H,6H2,1-2H3,(H,15,17). The number of aliphatic hydroxyl groups is 1. The highest BCUT2D eigenvalue weighted by molar-refractivity contribution is 14.1. The highest BCUT2D eigenvalue weighted by Gasteiger charge is 2.19. The molecule has 1 aromatic carbocycles. The van der Waals surface area contributed by atoms with E-state index in [0.29, 0.717) is 5.56 Å². The fourth-order valence-electron chi connectivity index (χ4n) is 1.49. The van der Waals surface area contributed by atoms with Crippen LogP contribution in [-0.2, 0) is 0 Å². The highest BCUT2D eigenvalue weighted by Crippen LogP contribution is 2.20. The summed E-state index contributed by atoms with van der Waals surface area (Å²) in [6.07, 6.45) is 1.92. The Labute approximate surface area is 133 Å². The molecule has 6 heteroatoms. The van der Waals surface area contributed by atoms with Crippen molar-refractivity contribution < 1.29 is 9.90 Å². The van der Waals surface area contributed by atoms with Crippen molar-refractivity contribution in [2.75, 3.05) is 12.9 Å². The first-order chi connectivity index (χ1) is 8.49. The molecule has 1 aromatic rings. The minimum atomic E-state index is -0.125. The van der Waals surface area contributed by atoms with E-state index in [4.69, 9.17) is 0 Å². The van der Waals surface area contributed by atoms with Crippen molar-refractivity contribution in [2.45, 2.75) is 18.2 Å². The van der Waals surface area contributed by atoms with E-state index in [1.54, 1.807) is 11.8 Å². The molecule has 0 aliphatic heterocycles. The molecule has 18 heavy (non-hydrogen) atoms. The average Bonchev–Trinajstić information content (AvgIpc) is 2.33. The lowest BCUT2D eigenvalue weighted by atomic mass is 10.2. The molecule has 0 heterocycles. The molecule has 0 radical (unpaired) electrons. The molecule has 1 rings (SSSR count). The van der Waals surface area contributed by atoms with Gasteiger partial charge in [-0.1, -0.05) is 0 Å². The summed E-state index contributed by atoms with van der Waals surface area (Å²) in [4.78, 5) is 12.1. The van der Waals surface area contributed by atoms with E-state index in [-0.39, 0.29) is 23.8 Å². The first kappa shape index (κ1) is 16.3. The summed E-state index contributed by atoms with van der Waals surface area (Å²) in [6.45, 7) is 1.95. The van der Waals surface area contributed by atoms with Gasteiger partial charge in [-0.2, -0.15) is 11.8 Å². The number of carbonyl (C=O) groups excluding carboxylic acids is 1. The van der Waals surface area contributed by atoms with Gasteiger partial charge >= 0.3 is 0 Å². The molecule has 2 unspecified atom stereocenters. The predicted molar refractivity (Wildman–Crippen MR) is 88.2 cm³/mol. The molecule has 100 valence electrons. The molecule has 0 aromatic heterocycles. The average molecular weight is 444 g/mol. The Morgan fingerprint density at radius 1 is 1.61 bits per heavy atom. The maximum absolute atomic E-state index is 12.1. The molecular formula is C12H15BrINO2S. The van der Waals surface area contributed by atoms with Crippen LogP contribution in [0.4, 0.5) is 0 Å². The van der Waals surface area contributed by atoms with Crippen LogP contribution in [0.25, 0.3) is 0 Å². The van der Waals surface area contributed by atoms with Gasteiger partial charge in [0.2, 0.25) is 0 Å². The summed E-state index contributed by atoms with van der Waals surface area (Å²) < 4.78 is 1.79. The Balaban J connectivity index is 2.79. The fourth-order valence-corrected chi connectivity index (χ4v) is 3.03. The highest BCUT2D eigenvalue weighted by atomic mass is 127. The Morgan fingerprint density at radius 2 is 2.28 bits per heavy atom. The molecule has 0 aliphatic rings. The van der Waals surface area contributed by atoms with Gasteiger partial charge in [0.1, 0.15) is 0 Å². The number of hydrogen-bond acceptors (Lipinski definition) is 3. The number of halogens is 2. The normalized spacial score (nSPS) is 14.1. The number of thioether (sulfide) groups is 1. The van der Waals surface area contributed by atoms with E-state index in [0.717, 1.165) is 8.04 Å². The van der Waals surface area contributed by atoms with Crippen molar-refractivity contribution in [3.05, 3.63) is 31.8 Å². The maximum Gasteiger partial charge on any atom is 0.252 e. The van der Waals surface area contributed by atoms with Crippen molar-refractivity contribution in [2.24, 2.45) is 0 Å². The van der Waals surface area contributed by atoms with Gasteiger partial charge < -0.3 is 10.4 Å². The van der Waals surface area contributed by atoms with Crippen LogP contribution in [0, 0.1) is 3.57 Å². The van der Waals surface area contributed by atoms with E-state index in [2.05, 4.69) is 43.8 Å². The molecule has 0 spiro atoms. The molecule has 0 bridgehead atoms. The van der Waals surface area contributed by atoms with Crippen molar-refractivity contribution >= 4 is 56.2 Å². The molecule has 0 aliphatic carbocycles. The Bertz CT molecular complexity index is 427. The molecule has 0 saturated heterocycles. The van der Waals surface area contributed by atoms with Crippen molar-refractivity contribution in [3.8, 4) is 0 Å². The van der Waals surface area contributed by atoms with E-state index in [9.17, 15) is 9.90 Å². The number of amides is 1. The number of hydrogen-bond donors (Lipinski definition) is 2. The molecule has 0 fully saturated rings. The Kier molecular flexibility index (Phi) is 6.97. The van der Waals surface area contributed by atoms with Crippen molar-refractivity contribution in [1.82, 2.24) is 5.32 Å². The SMILES string of the molecule is CSC(CO)C(C)NC(=O)c1cc(I)ccc1Br. The van der Waals surface area contributed by atoms with Crippen LogP contribution in [-0.4, -0.2) is 35.2 Å². The summed E-state index contributed by atoms with van der Waals surface area (Å²) >= 11 is 7.09. The van der Waals surface area contributed by atoms with Crippen LogP contribution in [0.5, 0.6) is 0 Å². The van der Waals surface area contributed by atoms with Crippen LogP contribution in [0.1, 0.15) is 17.3 Å². The predicted octanol–water partition coefficient (Wildman–Crippen LogP) is 2.90. The first-order valence-electron chi connectivity index (χ1n) is 5.39. The van der Waals surface area contributed by atoms with E-state index < -0.39 is 0 Å². The van der Waals surface area contributed by atoms with Crippen molar-refractivity contribution in [1.29, 1.82) is 0 Å². The van der Waals surface area contributed by atoms with Crippen LogP contribution in [0.2, 0.25) is 0 Å². The lowest BCUT2D eigenvalue weighted by Gasteiger charge is -2.21. The second-order valence-corrected chi connectivity index (χ2v) is 7.02. The summed E-state index contributed by atoms with van der Waals surface area (Å²) in [7, 11) is 0. The Morgan fingerprint density at radius 3 is 2.83 bits per heavy atom. The minimum Gasteiger partial charge on any atom is -0.395 e. The Hall–Kier alpha value is 0.210. The van der Waals surface area contributed by atoms with Gasteiger partial charge in [0.15, 0.2) is 0 Å². The minimum absolute atomic E-state index is 0.00973. The summed E-state index contributed by atoms with van der Waals surface area (Å²) in [5.41, 5.74) is 0.617. The van der Waals surface area contributed by atoms with E-state index in [1.165, 1.54) is 0 Å². The topological polar surface area (TPSA) is 49.3 Å². The zero-order chi connectivity index (χ0) is 13.7. The van der Waals surface area contributed by atoms with Gasteiger partial charge in [0.05, 0.1) is 12.2 Å². The number of rotatable bonds is 5. The van der Waals surface area contributed by atoms with E-state index >= 15 is 0 Å². The number of aliphatic hydroxyl groups excluding tert-OH is 1. The fraction of sp³-hybridized carbons (Fsp3) is 0.417. The number of benzene rings is 1. The van der Waals surface area contributed by atoms with Crippen LogP contribution in [0.15, 0.2) is 22.7 Å². The van der Waals surface area contributed by atoms with Gasteiger partial charge in [-0.15, -0.1) is 0 Å². The zero-order valence-corrected chi connectivity index (χ0v) is 14.7. The second kappa shape index (κ2) is 7.72. The maximum atomic E-state index is 12.1. The van der Waals surface area contributed by atoms with Gasteiger partial charge in [0, 0.05) is 19.3 Å². The molecule has 1 amide bonds. The summed E-state index contributed by atoms with van der Waals surface area (Å²) in [5.74, 6) is -0.125. The second-order valence-electron chi connectivity index (χ2n) is 3.84. The largest absolute Gasteiger partial charge is 0.395 e. The summed E-state index contributed by atoms with van der Waals surface area (Å²) in [6, 6.07) is 5.55. The quantitative estimate of drug-likeness (QED) is 0.688. The smallest absolute Gasteiger partial charge is 0.252 e. The first-order valence-corrected chi connectivity index (χ1v) is 8.55. The monoisotopic (exact) mass is 443 g/mol. The molecule has 0 saturated carbocycles. The third-order valence-electron chi connectivity index (χ3n) is 2.57. The van der Waals surface area contributed by atoms with Crippen LogP contribution in [0.3, 0.4) is 0 Å². The third-order valence-corrected chi connectivity index (χ3v) is 5.10. The van der Waals surface area contributed by atoms with Crippen LogP contribution < -0.4 is 5.32 Å².